The van der Waals surface area contributed by atoms with Crippen molar-refractivity contribution in [2.24, 2.45) is 0 Å². The summed E-state index contributed by atoms with van der Waals surface area (Å²) < 4.78 is 5.95. The molecular weight excluding hydrogens is 482 g/mol. The molecule has 3 aromatic carbocycles. The van der Waals surface area contributed by atoms with Crippen molar-refractivity contribution < 1.29 is 9.53 Å². The number of unbranched alkanes of at least 4 members (excludes halogenated alkanes) is 3. The van der Waals surface area contributed by atoms with E-state index in [9.17, 15) is 4.79 Å². The van der Waals surface area contributed by atoms with Gasteiger partial charge in [-0.3, -0.25) is 0 Å². The molecule has 0 aliphatic carbocycles. The Kier molecular flexibility index (Phi) is 13.4. The van der Waals surface area contributed by atoms with Crippen molar-refractivity contribution >= 4 is 11.7 Å². The summed E-state index contributed by atoms with van der Waals surface area (Å²) in [4.78, 5) is 17.9. The lowest BCUT2D eigenvalue weighted by molar-refractivity contribution is 0.188. The fourth-order valence-electron chi connectivity index (χ4n) is 4.46. The zero-order chi connectivity index (χ0) is 27.7. The van der Waals surface area contributed by atoms with E-state index in [0.29, 0.717) is 13.1 Å². The van der Waals surface area contributed by atoms with Gasteiger partial charge in [-0.1, -0.05) is 82.5 Å². The highest BCUT2D eigenvalue weighted by molar-refractivity contribution is 5.89. The highest BCUT2D eigenvalue weighted by Gasteiger charge is 2.16. The maximum atomic E-state index is 13.5. The van der Waals surface area contributed by atoms with Crippen molar-refractivity contribution in [3.8, 4) is 11.5 Å². The van der Waals surface area contributed by atoms with E-state index >= 15 is 0 Å². The van der Waals surface area contributed by atoms with Crippen LogP contribution in [0.3, 0.4) is 0 Å². The quantitative estimate of drug-likeness (QED) is 0.190. The molecule has 210 valence electrons. The molecule has 0 saturated carbocycles. The molecule has 0 spiro atoms. The first-order valence-electron chi connectivity index (χ1n) is 14.8. The topological polar surface area (TPSA) is 44.8 Å². The first-order chi connectivity index (χ1) is 19.1. The summed E-state index contributed by atoms with van der Waals surface area (Å²) in [7, 11) is 0. The molecule has 3 rings (SSSR count). The van der Waals surface area contributed by atoms with Crippen LogP contribution in [0.15, 0.2) is 78.9 Å². The molecule has 3 aromatic rings. The van der Waals surface area contributed by atoms with Gasteiger partial charge in [0.1, 0.15) is 11.5 Å². The van der Waals surface area contributed by atoms with Gasteiger partial charge in [0.2, 0.25) is 0 Å². The lowest BCUT2D eigenvalue weighted by atomic mass is 10.1. The van der Waals surface area contributed by atoms with Gasteiger partial charge in [-0.25, -0.2) is 4.79 Å². The van der Waals surface area contributed by atoms with Gasteiger partial charge >= 0.3 is 6.03 Å². The first kappa shape index (κ1) is 30.2. The Hall–Kier alpha value is -3.31. The molecule has 0 fully saturated rings. The third kappa shape index (κ3) is 11.1. The van der Waals surface area contributed by atoms with E-state index in [1.165, 1.54) is 44.1 Å². The second kappa shape index (κ2) is 17.3. The maximum absolute atomic E-state index is 13.5. The number of amides is 2. The van der Waals surface area contributed by atoms with Gasteiger partial charge in [-0.05, 0) is 86.3 Å². The van der Waals surface area contributed by atoms with Crippen LogP contribution in [-0.4, -0.2) is 42.0 Å². The highest BCUT2D eigenvalue weighted by Crippen LogP contribution is 2.22. The van der Waals surface area contributed by atoms with Crippen LogP contribution >= 0.6 is 0 Å². The predicted molar refractivity (Wildman–Crippen MR) is 164 cm³/mol. The molecule has 39 heavy (non-hydrogen) atoms. The fraction of sp³-hybridized carbons (Fsp3) is 0.441. The van der Waals surface area contributed by atoms with Crippen molar-refractivity contribution in [1.82, 2.24) is 9.80 Å². The van der Waals surface area contributed by atoms with Gasteiger partial charge in [0, 0.05) is 25.3 Å². The van der Waals surface area contributed by atoms with Gasteiger partial charge in [0.15, 0.2) is 0 Å². The van der Waals surface area contributed by atoms with Gasteiger partial charge in [-0.2, -0.15) is 0 Å². The minimum Gasteiger partial charge on any atom is -0.457 e. The molecule has 0 saturated heterocycles. The van der Waals surface area contributed by atoms with E-state index in [1.54, 1.807) is 0 Å². The Balaban J connectivity index is 1.68. The van der Waals surface area contributed by atoms with E-state index in [-0.39, 0.29) is 6.03 Å². The summed E-state index contributed by atoms with van der Waals surface area (Å²) in [6.07, 6.45) is 8.16. The molecule has 0 aromatic heterocycles. The lowest BCUT2D eigenvalue weighted by Crippen LogP contribution is -2.41. The predicted octanol–water partition coefficient (Wildman–Crippen LogP) is 8.76. The Bertz CT molecular complexity index is 1060. The molecule has 5 heteroatoms. The Morgan fingerprint density at radius 2 is 1.26 bits per heavy atom. The van der Waals surface area contributed by atoms with Crippen LogP contribution in [0.5, 0.6) is 11.5 Å². The number of rotatable bonds is 17. The van der Waals surface area contributed by atoms with Crippen LogP contribution in [0.1, 0.15) is 70.4 Å². The number of hydrogen-bond donors (Lipinski definition) is 1. The molecule has 2 amide bonds. The number of anilines is 1. The average molecular weight is 530 g/mol. The summed E-state index contributed by atoms with van der Waals surface area (Å²) in [6, 6.07) is 26.1. The number of hydrogen-bond acceptors (Lipinski definition) is 3. The van der Waals surface area contributed by atoms with E-state index in [1.807, 2.05) is 71.6 Å². The standard InChI is InChI=1S/C34H47N3O2/c1-4-7-13-29-16-20-31(21-17-29)35-34(38)37(27-26-36(24-8-5-2)25-9-6-3)28-30-18-22-33(23-19-30)39-32-14-11-10-12-15-32/h10-12,14-23H,4-9,13,24-28H2,1-3H3,(H,35,38). The van der Waals surface area contributed by atoms with Crippen molar-refractivity contribution in [1.29, 1.82) is 0 Å². The number of ether oxygens (including phenoxy) is 1. The van der Waals surface area contributed by atoms with Crippen LogP contribution in [0.4, 0.5) is 10.5 Å². The smallest absolute Gasteiger partial charge is 0.322 e. The first-order valence-corrected chi connectivity index (χ1v) is 14.8. The number of para-hydroxylation sites is 1. The van der Waals surface area contributed by atoms with Crippen LogP contribution in [0, 0.1) is 0 Å². The molecule has 0 aliphatic heterocycles. The third-order valence-electron chi connectivity index (χ3n) is 6.93. The number of benzene rings is 3. The molecule has 0 unspecified atom stereocenters. The summed E-state index contributed by atoms with van der Waals surface area (Å²) in [5, 5.41) is 3.14. The molecule has 0 bridgehead atoms. The molecule has 1 N–H and O–H groups in total. The van der Waals surface area contributed by atoms with Crippen molar-refractivity contribution in [3.05, 3.63) is 90.0 Å². The van der Waals surface area contributed by atoms with Crippen LogP contribution < -0.4 is 10.1 Å². The van der Waals surface area contributed by atoms with Gasteiger partial charge in [-0.15, -0.1) is 0 Å². The number of nitrogens with one attached hydrogen (secondary N) is 1. The number of urea groups is 1. The monoisotopic (exact) mass is 529 g/mol. The largest absolute Gasteiger partial charge is 0.457 e. The molecule has 0 atom stereocenters. The Morgan fingerprint density at radius 1 is 0.667 bits per heavy atom. The summed E-state index contributed by atoms with van der Waals surface area (Å²) >= 11 is 0. The van der Waals surface area contributed by atoms with Crippen molar-refractivity contribution in [2.75, 3.05) is 31.5 Å². The Morgan fingerprint density at radius 3 is 1.87 bits per heavy atom. The highest BCUT2D eigenvalue weighted by atomic mass is 16.5. The van der Waals surface area contributed by atoms with Crippen molar-refractivity contribution in [3.63, 3.8) is 0 Å². The molecular formula is C34H47N3O2. The number of carbonyl (C=O) groups is 1. The minimum atomic E-state index is -0.0631. The second-order valence-electron chi connectivity index (χ2n) is 10.3. The molecule has 0 heterocycles. The van der Waals surface area contributed by atoms with Crippen LogP contribution in [-0.2, 0) is 13.0 Å². The summed E-state index contributed by atoms with van der Waals surface area (Å²) in [5.41, 5.74) is 3.23. The summed E-state index contributed by atoms with van der Waals surface area (Å²) in [5.74, 6) is 1.60. The minimum absolute atomic E-state index is 0.0631. The van der Waals surface area contributed by atoms with Crippen molar-refractivity contribution in [2.45, 2.75) is 72.3 Å². The van der Waals surface area contributed by atoms with Gasteiger partial charge in [0.05, 0.1) is 0 Å². The third-order valence-corrected chi connectivity index (χ3v) is 6.93. The van der Waals surface area contributed by atoms with E-state index in [4.69, 9.17) is 4.74 Å². The average Bonchev–Trinajstić information content (AvgIpc) is 2.97. The lowest BCUT2D eigenvalue weighted by Gasteiger charge is -2.28. The molecule has 5 nitrogen and oxygen atoms in total. The molecule has 0 aliphatic rings. The fourth-order valence-corrected chi connectivity index (χ4v) is 4.46. The Labute approximate surface area is 236 Å². The van der Waals surface area contributed by atoms with Crippen LogP contribution in [0.2, 0.25) is 0 Å². The number of carbonyl (C=O) groups excluding carboxylic acids is 1. The van der Waals surface area contributed by atoms with E-state index in [2.05, 4.69) is 43.1 Å². The SMILES string of the molecule is CCCCc1ccc(NC(=O)N(CCN(CCCC)CCCC)Cc2ccc(Oc3ccccc3)cc2)cc1. The van der Waals surface area contributed by atoms with Gasteiger partial charge < -0.3 is 19.9 Å². The normalized spacial score (nSPS) is 11.0. The summed E-state index contributed by atoms with van der Waals surface area (Å²) in [6.45, 7) is 10.9. The maximum Gasteiger partial charge on any atom is 0.322 e. The van der Waals surface area contributed by atoms with Crippen LogP contribution in [0.25, 0.3) is 0 Å². The molecule has 0 radical (unpaired) electrons. The van der Waals surface area contributed by atoms with Gasteiger partial charge in [0.25, 0.3) is 0 Å². The zero-order valence-electron chi connectivity index (χ0n) is 24.2. The number of nitrogens with zero attached hydrogens (tertiary/aromatic N) is 2. The zero-order valence-corrected chi connectivity index (χ0v) is 24.2. The van der Waals surface area contributed by atoms with E-state index < -0.39 is 0 Å². The second-order valence-corrected chi connectivity index (χ2v) is 10.3. The van der Waals surface area contributed by atoms with E-state index in [0.717, 1.165) is 48.8 Å². The number of aryl methyl sites for hydroxylation is 1.